The third-order valence-electron chi connectivity index (χ3n) is 2.57. The standard InChI is InChI=1S/C11H16N2O/c12-11(9-4-2-1-3-5-9)10-8-14-7-6-13-10/h1-5,10-11,13H,6-8,12H2. The normalized spacial score (nSPS) is 24.5. The molecule has 3 N–H and O–H groups in total. The molecule has 1 aliphatic heterocycles. The van der Waals surface area contributed by atoms with Crippen LogP contribution < -0.4 is 11.1 Å². The topological polar surface area (TPSA) is 47.3 Å². The molecule has 0 saturated carbocycles. The zero-order valence-corrected chi connectivity index (χ0v) is 8.15. The molecule has 1 saturated heterocycles. The van der Waals surface area contributed by atoms with Gasteiger partial charge in [-0.25, -0.2) is 0 Å². The van der Waals surface area contributed by atoms with E-state index in [4.69, 9.17) is 10.5 Å². The first-order valence-corrected chi connectivity index (χ1v) is 4.99. The molecule has 0 bridgehead atoms. The summed E-state index contributed by atoms with van der Waals surface area (Å²) in [5, 5.41) is 3.37. The number of hydrogen-bond acceptors (Lipinski definition) is 3. The van der Waals surface area contributed by atoms with Crippen molar-refractivity contribution in [2.24, 2.45) is 5.73 Å². The predicted molar refractivity (Wildman–Crippen MR) is 56.0 cm³/mol. The maximum absolute atomic E-state index is 6.13. The van der Waals surface area contributed by atoms with Crippen LogP contribution >= 0.6 is 0 Å². The molecule has 0 aromatic heterocycles. The van der Waals surface area contributed by atoms with Crippen LogP contribution in [0.4, 0.5) is 0 Å². The van der Waals surface area contributed by atoms with Crippen molar-refractivity contribution < 1.29 is 4.74 Å². The lowest BCUT2D eigenvalue weighted by molar-refractivity contribution is 0.0685. The van der Waals surface area contributed by atoms with Crippen LogP contribution in [0.1, 0.15) is 11.6 Å². The van der Waals surface area contributed by atoms with E-state index in [-0.39, 0.29) is 12.1 Å². The third-order valence-corrected chi connectivity index (χ3v) is 2.57. The average molecular weight is 192 g/mol. The van der Waals surface area contributed by atoms with Crippen molar-refractivity contribution in [3.8, 4) is 0 Å². The lowest BCUT2D eigenvalue weighted by Crippen LogP contribution is -2.47. The Labute approximate surface area is 84.3 Å². The van der Waals surface area contributed by atoms with Gasteiger partial charge in [0.05, 0.1) is 13.2 Å². The Bertz CT molecular complexity index is 270. The SMILES string of the molecule is NC(c1ccccc1)C1COCCN1. The lowest BCUT2D eigenvalue weighted by Gasteiger charge is -2.29. The fraction of sp³-hybridized carbons (Fsp3) is 0.455. The van der Waals surface area contributed by atoms with Crippen LogP contribution in [0.5, 0.6) is 0 Å². The van der Waals surface area contributed by atoms with Crippen molar-refractivity contribution >= 4 is 0 Å². The molecule has 2 unspecified atom stereocenters. The molecule has 3 nitrogen and oxygen atoms in total. The Balaban J connectivity index is 2.03. The minimum Gasteiger partial charge on any atom is -0.378 e. The van der Waals surface area contributed by atoms with E-state index in [0.29, 0.717) is 6.61 Å². The quantitative estimate of drug-likeness (QED) is 0.724. The molecule has 0 radical (unpaired) electrons. The zero-order valence-electron chi connectivity index (χ0n) is 8.15. The molecule has 1 aliphatic rings. The van der Waals surface area contributed by atoms with E-state index in [9.17, 15) is 0 Å². The number of benzene rings is 1. The van der Waals surface area contributed by atoms with E-state index >= 15 is 0 Å². The highest BCUT2D eigenvalue weighted by molar-refractivity contribution is 5.20. The van der Waals surface area contributed by atoms with Crippen LogP contribution in [0.2, 0.25) is 0 Å². The summed E-state index contributed by atoms with van der Waals surface area (Å²) in [5.41, 5.74) is 7.29. The fourth-order valence-corrected chi connectivity index (χ4v) is 1.72. The van der Waals surface area contributed by atoms with Crippen LogP contribution in [-0.2, 0) is 4.74 Å². The van der Waals surface area contributed by atoms with Crippen molar-refractivity contribution in [2.45, 2.75) is 12.1 Å². The van der Waals surface area contributed by atoms with Gasteiger partial charge in [-0.1, -0.05) is 30.3 Å². The third kappa shape index (κ3) is 2.12. The molecular formula is C11H16N2O. The Morgan fingerprint density at radius 1 is 1.36 bits per heavy atom. The summed E-state index contributed by atoms with van der Waals surface area (Å²) in [5.74, 6) is 0. The largest absolute Gasteiger partial charge is 0.378 e. The molecule has 0 spiro atoms. The Morgan fingerprint density at radius 3 is 2.79 bits per heavy atom. The van der Waals surface area contributed by atoms with Crippen molar-refractivity contribution in [1.29, 1.82) is 0 Å². The second-order valence-electron chi connectivity index (χ2n) is 3.57. The summed E-state index contributed by atoms with van der Waals surface area (Å²) >= 11 is 0. The van der Waals surface area contributed by atoms with Crippen molar-refractivity contribution in [1.82, 2.24) is 5.32 Å². The highest BCUT2D eigenvalue weighted by atomic mass is 16.5. The summed E-state index contributed by atoms with van der Waals surface area (Å²) < 4.78 is 5.38. The van der Waals surface area contributed by atoms with Gasteiger partial charge < -0.3 is 15.8 Å². The zero-order chi connectivity index (χ0) is 9.80. The second kappa shape index (κ2) is 4.55. The van der Waals surface area contributed by atoms with Crippen LogP contribution in [0, 0.1) is 0 Å². The molecule has 1 aromatic rings. The molecule has 1 fully saturated rings. The minimum absolute atomic E-state index is 0.0245. The number of nitrogens with one attached hydrogen (secondary N) is 1. The fourth-order valence-electron chi connectivity index (χ4n) is 1.72. The van der Waals surface area contributed by atoms with Gasteiger partial charge in [-0.3, -0.25) is 0 Å². The summed E-state index contributed by atoms with van der Waals surface area (Å²) in [6.07, 6.45) is 0. The van der Waals surface area contributed by atoms with E-state index in [2.05, 4.69) is 17.4 Å². The van der Waals surface area contributed by atoms with Crippen LogP contribution in [-0.4, -0.2) is 25.8 Å². The number of ether oxygens (including phenoxy) is 1. The first-order valence-electron chi connectivity index (χ1n) is 4.99. The average Bonchev–Trinajstić information content (AvgIpc) is 2.30. The molecule has 76 valence electrons. The monoisotopic (exact) mass is 192 g/mol. The van der Waals surface area contributed by atoms with Gasteiger partial charge in [0.15, 0.2) is 0 Å². The van der Waals surface area contributed by atoms with Gasteiger partial charge in [-0.05, 0) is 5.56 Å². The van der Waals surface area contributed by atoms with Crippen LogP contribution in [0.15, 0.2) is 30.3 Å². The van der Waals surface area contributed by atoms with E-state index < -0.39 is 0 Å². The maximum Gasteiger partial charge on any atom is 0.0638 e. The molecule has 2 rings (SSSR count). The second-order valence-corrected chi connectivity index (χ2v) is 3.57. The van der Waals surface area contributed by atoms with Crippen molar-refractivity contribution in [3.63, 3.8) is 0 Å². The number of nitrogens with two attached hydrogens (primary N) is 1. The van der Waals surface area contributed by atoms with E-state index in [0.717, 1.165) is 18.7 Å². The van der Waals surface area contributed by atoms with Crippen LogP contribution in [0.25, 0.3) is 0 Å². The molecule has 3 heteroatoms. The molecular weight excluding hydrogens is 176 g/mol. The Morgan fingerprint density at radius 2 is 2.14 bits per heavy atom. The number of rotatable bonds is 2. The maximum atomic E-state index is 6.13. The molecule has 1 heterocycles. The molecule has 14 heavy (non-hydrogen) atoms. The van der Waals surface area contributed by atoms with E-state index in [1.165, 1.54) is 0 Å². The molecule has 0 aliphatic carbocycles. The molecule has 2 atom stereocenters. The van der Waals surface area contributed by atoms with E-state index in [1.54, 1.807) is 0 Å². The van der Waals surface area contributed by atoms with Gasteiger partial charge in [0.25, 0.3) is 0 Å². The van der Waals surface area contributed by atoms with Gasteiger partial charge in [-0.2, -0.15) is 0 Å². The first-order chi connectivity index (χ1) is 6.88. The minimum atomic E-state index is 0.0245. The number of morpholine rings is 1. The van der Waals surface area contributed by atoms with Gasteiger partial charge in [0.1, 0.15) is 0 Å². The first kappa shape index (κ1) is 9.65. The highest BCUT2D eigenvalue weighted by Crippen LogP contribution is 2.15. The Kier molecular flexibility index (Phi) is 3.14. The summed E-state index contributed by atoms with van der Waals surface area (Å²) in [6, 6.07) is 10.4. The highest BCUT2D eigenvalue weighted by Gasteiger charge is 2.21. The van der Waals surface area contributed by atoms with E-state index in [1.807, 2.05) is 18.2 Å². The molecule has 1 aromatic carbocycles. The van der Waals surface area contributed by atoms with Gasteiger partial charge in [0.2, 0.25) is 0 Å². The summed E-state index contributed by atoms with van der Waals surface area (Å²) in [6.45, 7) is 2.39. The van der Waals surface area contributed by atoms with Gasteiger partial charge in [-0.15, -0.1) is 0 Å². The molecule has 0 amide bonds. The number of hydrogen-bond donors (Lipinski definition) is 2. The Hall–Kier alpha value is -0.900. The summed E-state index contributed by atoms with van der Waals surface area (Å²) in [7, 11) is 0. The van der Waals surface area contributed by atoms with Gasteiger partial charge in [0, 0.05) is 18.6 Å². The van der Waals surface area contributed by atoms with Crippen molar-refractivity contribution in [3.05, 3.63) is 35.9 Å². The van der Waals surface area contributed by atoms with Gasteiger partial charge >= 0.3 is 0 Å². The summed E-state index contributed by atoms with van der Waals surface area (Å²) in [4.78, 5) is 0. The lowest BCUT2D eigenvalue weighted by atomic mass is 10.0. The van der Waals surface area contributed by atoms with Crippen LogP contribution in [0.3, 0.4) is 0 Å². The predicted octanol–water partition coefficient (Wildman–Crippen LogP) is 0.675. The van der Waals surface area contributed by atoms with Crippen molar-refractivity contribution in [2.75, 3.05) is 19.8 Å². The smallest absolute Gasteiger partial charge is 0.0638 e.